The highest BCUT2D eigenvalue weighted by Crippen LogP contribution is 2.22. The lowest BCUT2D eigenvalue weighted by Crippen LogP contribution is -2.45. The Hall–Kier alpha value is -2.67. The number of piperidine rings is 1. The molecule has 3 rings (SSSR count). The van der Waals surface area contributed by atoms with E-state index < -0.39 is 0 Å². The summed E-state index contributed by atoms with van der Waals surface area (Å²) in [5.41, 5.74) is 1.04. The first-order valence-electron chi connectivity index (χ1n) is 10.2. The molecule has 2 heterocycles. The summed E-state index contributed by atoms with van der Waals surface area (Å²) < 4.78 is 6.48. The van der Waals surface area contributed by atoms with Crippen molar-refractivity contribution >= 4 is 23.5 Å². The number of benzene rings is 1. The van der Waals surface area contributed by atoms with Crippen molar-refractivity contribution in [1.82, 2.24) is 14.5 Å². The zero-order valence-electron chi connectivity index (χ0n) is 17.3. The predicted octanol–water partition coefficient (Wildman–Crippen LogP) is 2.93. The van der Waals surface area contributed by atoms with Crippen LogP contribution in [-0.2, 0) is 27.3 Å². The number of ether oxygens (including phenoxy) is 1. The van der Waals surface area contributed by atoms with Crippen molar-refractivity contribution in [3.63, 3.8) is 0 Å². The second kappa shape index (κ2) is 9.89. The number of rotatable bonds is 6. The Balaban J connectivity index is 1.88. The molecule has 2 aromatic rings. The number of amides is 1. The fourth-order valence-electron chi connectivity index (χ4n) is 3.63. The first kappa shape index (κ1) is 22.0. The average Bonchev–Trinajstić information content (AvgIpc) is 2.75. The van der Waals surface area contributed by atoms with Crippen LogP contribution in [0.2, 0.25) is 5.02 Å². The molecule has 7 nitrogen and oxygen atoms in total. The first-order valence-corrected chi connectivity index (χ1v) is 10.6. The monoisotopic (exact) mass is 431 g/mol. The molecule has 0 radical (unpaired) electrons. The van der Waals surface area contributed by atoms with Gasteiger partial charge in [0.25, 0.3) is 5.56 Å². The maximum absolute atomic E-state index is 13.0. The van der Waals surface area contributed by atoms with Crippen molar-refractivity contribution in [1.29, 1.82) is 0 Å². The van der Waals surface area contributed by atoms with Crippen LogP contribution in [0, 0.1) is 5.92 Å². The summed E-state index contributed by atoms with van der Waals surface area (Å²) >= 11 is 6.13. The Labute approximate surface area is 180 Å². The number of likely N-dealkylation sites (tertiary alicyclic amines) is 1. The maximum Gasteiger partial charge on any atom is 0.310 e. The molecule has 1 aliphatic heterocycles. The summed E-state index contributed by atoms with van der Waals surface area (Å²) in [5.74, 6) is -0.414. The summed E-state index contributed by atoms with van der Waals surface area (Å²) in [6.07, 6.45) is 2.02. The van der Waals surface area contributed by atoms with Gasteiger partial charge < -0.3 is 9.64 Å². The lowest BCUT2D eigenvalue weighted by molar-refractivity contribution is -0.151. The molecule has 1 saturated heterocycles. The lowest BCUT2D eigenvalue weighted by atomic mass is 9.98. The van der Waals surface area contributed by atoms with E-state index in [2.05, 4.69) is 4.98 Å². The molecule has 0 spiro atoms. The van der Waals surface area contributed by atoms with E-state index in [4.69, 9.17) is 16.3 Å². The lowest BCUT2D eigenvalue weighted by Gasteiger charge is -2.32. The van der Waals surface area contributed by atoms with E-state index >= 15 is 0 Å². The molecule has 8 heteroatoms. The summed E-state index contributed by atoms with van der Waals surface area (Å²) in [5, 5.41) is 0.523. The fraction of sp³-hybridized carbons (Fsp3) is 0.455. The molecule has 0 aliphatic carbocycles. The summed E-state index contributed by atoms with van der Waals surface area (Å²) in [6.45, 7) is 4.71. The molecule has 1 aromatic carbocycles. The number of halogens is 1. The molecule has 1 amide bonds. The first-order chi connectivity index (χ1) is 14.4. The normalized spacial score (nSPS) is 16.4. The van der Waals surface area contributed by atoms with E-state index in [0.29, 0.717) is 54.6 Å². The summed E-state index contributed by atoms with van der Waals surface area (Å²) in [7, 11) is 0. The van der Waals surface area contributed by atoms with Crippen molar-refractivity contribution in [3.05, 3.63) is 51.4 Å². The largest absolute Gasteiger partial charge is 0.466 e. The van der Waals surface area contributed by atoms with Crippen LogP contribution in [0.1, 0.15) is 32.4 Å². The van der Waals surface area contributed by atoms with Gasteiger partial charge in [-0.15, -0.1) is 0 Å². The molecule has 1 fully saturated rings. The Bertz CT molecular complexity index is 989. The van der Waals surface area contributed by atoms with Crippen molar-refractivity contribution in [2.24, 2.45) is 5.92 Å². The Morgan fingerprint density at radius 3 is 2.77 bits per heavy atom. The fourth-order valence-corrected chi connectivity index (χ4v) is 3.82. The van der Waals surface area contributed by atoms with Crippen LogP contribution in [0.15, 0.2) is 35.1 Å². The SMILES string of the molecule is CCOC(=O)C1CCCN(C(=O)Cn2c(-c3cccc(Cl)c3)nc(CC)cc2=O)C1. The molecule has 1 aromatic heterocycles. The summed E-state index contributed by atoms with van der Waals surface area (Å²) in [6, 6.07) is 8.51. The van der Waals surface area contributed by atoms with Gasteiger partial charge in [0.05, 0.1) is 12.5 Å². The Morgan fingerprint density at radius 1 is 1.27 bits per heavy atom. The van der Waals surface area contributed by atoms with Gasteiger partial charge in [0.1, 0.15) is 12.4 Å². The second-order valence-electron chi connectivity index (χ2n) is 7.29. The van der Waals surface area contributed by atoms with Crippen molar-refractivity contribution < 1.29 is 14.3 Å². The van der Waals surface area contributed by atoms with E-state index in [-0.39, 0.29) is 29.9 Å². The van der Waals surface area contributed by atoms with Crippen LogP contribution < -0.4 is 5.56 Å². The van der Waals surface area contributed by atoms with Gasteiger partial charge in [-0.3, -0.25) is 19.0 Å². The smallest absolute Gasteiger partial charge is 0.310 e. The minimum Gasteiger partial charge on any atom is -0.466 e. The third-order valence-electron chi connectivity index (χ3n) is 5.19. The minimum absolute atomic E-state index is 0.146. The van der Waals surface area contributed by atoms with E-state index in [0.717, 1.165) is 6.42 Å². The van der Waals surface area contributed by atoms with Crippen LogP contribution >= 0.6 is 11.6 Å². The highest BCUT2D eigenvalue weighted by molar-refractivity contribution is 6.30. The number of aryl methyl sites for hydroxylation is 1. The van der Waals surface area contributed by atoms with Gasteiger partial charge in [0.2, 0.25) is 5.91 Å². The number of carbonyl (C=O) groups is 2. The van der Waals surface area contributed by atoms with E-state index in [1.807, 2.05) is 13.0 Å². The molecule has 0 bridgehead atoms. The van der Waals surface area contributed by atoms with Crippen molar-refractivity contribution in [2.75, 3.05) is 19.7 Å². The molecule has 1 unspecified atom stereocenters. The number of carbonyl (C=O) groups excluding carboxylic acids is 2. The topological polar surface area (TPSA) is 81.5 Å². The highest BCUT2D eigenvalue weighted by Gasteiger charge is 2.29. The van der Waals surface area contributed by atoms with E-state index in [9.17, 15) is 14.4 Å². The third-order valence-corrected chi connectivity index (χ3v) is 5.43. The second-order valence-corrected chi connectivity index (χ2v) is 7.73. The van der Waals surface area contributed by atoms with Gasteiger partial charge in [0, 0.05) is 35.4 Å². The zero-order valence-corrected chi connectivity index (χ0v) is 18.0. The van der Waals surface area contributed by atoms with Crippen LogP contribution in [0.5, 0.6) is 0 Å². The van der Waals surface area contributed by atoms with Gasteiger partial charge in [0.15, 0.2) is 0 Å². The van der Waals surface area contributed by atoms with Gasteiger partial charge >= 0.3 is 5.97 Å². The van der Waals surface area contributed by atoms with Gasteiger partial charge in [-0.1, -0.05) is 30.7 Å². The standard InChI is InChI=1S/C22H26ClN3O4/c1-3-18-12-19(27)26(21(24-18)15-7-5-9-17(23)11-15)14-20(28)25-10-6-8-16(13-25)22(29)30-4-2/h5,7,9,11-12,16H,3-4,6,8,10,13-14H2,1-2H3. The molecule has 0 N–H and O–H groups in total. The van der Waals surface area contributed by atoms with Gasteiger partial charge in [-0.05, 0) is 38.3 Å². The van der Waals surface area contributed by atoms with Crippen LogP contribution in [0.3, 0.4) is 0 Å². The molecule has 1 aliphatic rings. The quantitative estimate of drug-likeness (QED) is 0.657. The average molecular weight is 432 g/mol. The van der Waals surface area contributed by atoms with Gasteiger partial charge in [-0.25, -0.2) is 4.98 Å². The highest BCUT2D eigenvalue weighted by atomic mass is 35.5. The van der Waals surface area contributed by atoms with E-state index in [1.54, 1.807) is 30.0 Å². The number of hydrogen-bond acceptors (Lipinski definition) is 5. The van der Waals surface area contributed by atoms with Crippen molar-refractivity contribution in [2.45, 2.75) is 39.7 Å². The molecule has 160 valence electrons. The number of nitrogens with zero attached hydrogens (tertiary/aromatic N) is 3. The predicted molar refractivity (Wildman–Crippen MR) is 114 cm³/mol. The van der Waals surface area contributed by atoms with Gasteiger partial charge in [-0.2, -0.15) is 0 Å². The van der Waals surface area contributed by atoms with Crippen LogP contribution in [0.4, 0.5) is 0 Å². The molecule has 1 atom stereocenters. The van der Waals surface area contributed by atoms with Crippen molar-refractivity contribution in [3.8, 4) is 11.4 Å². The molecule has 30 heavy (non-hydrogen) atoms. The maximum atomic E-state index is 13.0. The molecule has 0 saturated carbocycles. The van der Waals surface area contributed by atoms with Crippen LogP contribution in [-0.4, -0.2) is 46.0 Å². The number of aromatic nitrogens is 2. The number of esters is 1. The summed E-state index contributed by atoms with van der Waals surface area (Å²) in [4.78, 5) is 44.1. The Morgan fingerprint density at radius 2 is 2.07 bits per heavy atom. The Kier molecular flexibility index (Phi) is 7.26. The third kappa shape index (κ3) is 5.08. The minimum atomic E-state index is -0.327. The zero-order chi connectivity index (χ0) is 21.7. The van der Waals surface area contributed by atoms with E-state index in [1.165, 1.54) is 10.6 Å². The van der Waals surface area contributed by atoms with Crippen LogP contribution in [0.25, 0.3) is 11.4 Å². The number of hydrogen-bond donors (Lipinski definition) is 0. The molecular formula is C22H26ClN3O4. The molecular weight excluding hydrogens is 406 g/mol.